The van der Waals surface area contributed by atoms with E-state index in [0.717, 1.165) is 0 Å². The van der Waals surface area contributed by atoms with Gasteiger partial charge in [0.15, 0.2) is 0 Å². The van der Waals surface area contributed by atoms with E-state index < -0.39 is 16.1 Å². The van der Waals surface area contributed by atoms with Gasteiger partial charge in [-0.05, 0) is 115 Å². The lowest BCUT2D eigenvalue weighted by Gasteiger charge is -2.35. The second-order valence-electron chi connectivity index (χ2n) is 16.5. The summed E-state index contributed by atoms with van der Waals surface area (Å²) in [6.45, 7) is 10.3. The summed E-state index contributed by atoms with van der Waals surface area (Å²) >= 11 is 0. The van der Waals surface area contributed by atoms with Crippen LogP contribution in [-0.2, 0) is 0 Å². The van der Waals surface area contributed by atoms with Crippen molar-refractivity contribution in [1.29, 1.82) is 0 Å². The fourth-order valence-electron chi connectivity index (χ4n) is 9.91. The molecular formula is C52H40Si2. The van der Waals surface area contributed by atoms with Crippen molar-refractivity contribution in [2.75, 3.05) is 0 Å². The fourth-order valence-corrected chi connectivity index (χ4v) is 16.1. The Balaban J connectivity index is 1.03. The van der Waals surface area contributed by atoms with Gasteiger partial charge in [0.1, 0.15) is 16.1 Å². The van der Waals surface area contributed by atoms with E-state index in [0.29, 0.717) is 0 Å². The summed E-state index contributed by atoms with van der Waals surface area (Å²) in [6.07, 6.45) is 0. The molecule has 2 heterocycles. The lowest BCUT2D eigenvalue weighted by Crippen LogP contribution is -2.56. The smallest absolute Gasteiger partial charge is 0.0619 e. The molecule has 2 aliphatic heterocycles. The normalized spacial score (nSPS) is 14.6. The maximum absolute atomic E-state index is 2.63. The van der Waals surface area contributed by atoms with E-state index in [-0.39, 0.29) is 0 Å². The van der Waals surface area contributed by atoms with Crippen LogP contribution in [0, 0.1) is 0 Å². The number of rotatable bonds is 3. The van der Waals surface area contributed by atoms with Crippen molar-refractivity contribution in [2.45, 2.75) is 26.2 Å². The van der Waals surface area contributed by atoms with Crippen LogP contribution < -0.4 is 20.7 Å². The van der Waals surface area contributed by atoms with Crippen LogP contribution >= 0.6 is 0 Å². The monoisotopic (exact) mass is 720 g/mol. The highest BCUT2D eigenvalue weighted by molar-refractivity contribution is 7.05. The molecule has 0 amide bonds. The maximum atomic E-state index is 2.63. The fraction of sp³-hybridized carbons (Fsp3) is 0.0769. The van der Waals surface area contributed by atoms with Gasteiger partial charge in [0.25, 0.3) is 0 Å². The van der Waals surface area contributed by atoms with Crippen LogP contribution in [-0.4, -0.2) is 16.1 Å². The molecular weight excluding hydrogens is 681 g/mol. The first-order valence-corrected chi connectivity index (χ1v) is 25.3. The zero-order valence-corrected chi connectivity index (χ0v) is 33.2. The van der Waals surface area contributed by atoms with Gasteiger partial charge in [-0.25, -0.2) is 0 Å². The number of fused-ring (bicyclic) bond motifs is 8. The SMILES string of the molecule is C[Si]1(C)c2cc(-c3ccc(-c4cccc5ccccc45)cc3)ccc2-c2c1cc1c3c(cccc23)[Si](C)(C)c2cc(-c3ccc4ccccc4c3)ccc2-1. The third kappa shape index (κ3) is 4.48. The molecule has 0 fully saturated rings. The molecule has 0 bridgehead atoms. The lowest BCUT2D eigenvalue weighted by atomic mass is 9.90. The number of hydrogen-bond acceptors (Lipinski definition) is 0. The lowest BCUT2D eigenvalue weighted by molar-refractivity contribution is 1.61. The van der Waals surface area contributed by atoms with Crippen molar-refractivity contribution in [2.24, 2.45) is 0 Å². The summed E-state index contributed by atoms with van der Waals surface area (Å²) in [5.74, 6) is 0. The summed E-state index contributed by atoms with van der Waals surface area (Å²) in [5, 5.41) is 14.3. The second kappa shape index (κ2) is 11.4. The predicted octanol–water partition coefficient (Wildman–Crippen LogP) is 11.8. The Bertz CT molecular complexity index is 3030. The first kappa shape index (κ1) is 31.7. The molecule has 0 unspecified atom stereocenters. The Labute approximate surface area is 319 Å². The summed E-state index contributed by atoms with van der Waals surface area (Å²) in [4.78, 5) is 0. The predicted molar refractivity (Wildman–Crippen MR) is 240 cm³/mol. The molecule has 0 atom stereocenters. The molecule has 0 N–H and O–H groups in total. The third-order valence-corrected chi connectivity index (χ3v) is 19.9. The van der Waals surface area contributed by atoms with E-state index in [1.165, 1.54) is 88.0 Å². The highest BCUT2D eigenvalue weighted by Crippen LogP contribution is 2.42. The molecule has 0 radical (unpaired) electrons. The Kier molecular flexibility index (Phi) is 6.66. The van der Waals surface area contributed by atoms with Gasteiger partial charge in [0, 0.05) is 0 Å². The highest BCUT2D eigenvalue weighted by Gasteiger charge is 2.42. The van der Waals surface area contributed by atoms with Gasteiger partial charge in [0.05, 0.1) is 0 Å². The molecule has 0 nitrogen and oxygen atoms in total. The second-order valence-corrected chi connectivity index (χ2v) is 25.2. The molecule has 9 aromatic carbocycles. The van der Waals surface area contributed by atoms with Crippen LogP contribution in [0.15, 0.2) is 170 Å². The quantitative estimate of drug-likeness (QED) is 0.159. The van der Waals surface area contributed by atoms with Crippen LogP contribution in [0.4, 0.5) is 0 Å². The van der Waals surface area contributed by atoms with Crippen molar-refractivity contribution in [3.8, 4) is 55.6 Å². The molecule has 0 saturated heterocycles. The van der Waals surface area contributed by atoms with Gasteiger partial charge in [-0.15, -0.1) is 0 Å². The van der Waals surface area contributed by atoms with Crippen molar-refractivity contribution in [1.82, 2.24) is 0 Å². The minimum atomic E-state index is -2.03. The molecule has 54 heavy (non-hydrogen) atoms. The molecule has 0 spiro atoms. The Morgan fingerprint density at radius 3 is 1.67 bits per heavy atom. The van der Waals surface area contributed by atoms with Gasteiger partial charge < -0.3 is 0 Å². The van der Waals surface area contributed by atoms with Crippen LogP contribution in [0.1, 0.15) is 0 Å². The Morgan fingerprint density at radius 2 is 0.852 bits per heavy atom. The van der Waals surface area contributed by atoms with E-state index in [4.69, 9.17) is 0 Å². The van der Waals surface area contributed by atoms with Crippen LogP contribution in [0.5, 0.6) is 0 Å². The molecule has 9 aromatic rings. The Morgan fingerprint density at radius 1 is 0.296 bits per heavy atom. The number of benzene rings is 9. The molecule has 2 aliphatic rings. The molecule has 2 heteroatoms. The largest absolute Gasteiger partial charge is 0.113 e. The average Bonchev–Trinajstić information content (AvgIpc) is 3.44. The van der Waals surface area contributed by atoms with E-state index in [2.05, 4.69) is 196 Å². The van der Waals surface area contributed by atoms with Crippen molar-refractivity contribution in [3.05, 3.63) is 170 Å². The van der Waals surface area contributed by atoms with Gasteiger partial charge >= 0.3 is 0 Å². The minimum Gasteiger partial charge on any atom is -0.0619 e. The molecule has 0 aromatic heterocycles. The zero-order valence-electron chi connectivity index (χ0n) is 31.2. The first-order chi connectivity index (χ1) is 26.3. The van der Waals surface area contributed by atoms with Crippen LogP contribution in [0.2, 0.25) is 26.2 Å². The highest BCUT2D eigenvalue weighted by atomic mass is 28.3. The molecule has 256 valence electrons. The van der Waals surface area contributed by atoms with E-state index in [1.807, 2.05) is 0 Å². The van der Waals surface area contributed by atoms with Gasteiger partial charge in [-0.1, -0.05) is 190 Å². The van der Waals surface area contributed by atoms with Gasteiger partial charge in [0.2, 0.25) is 0 Å². The maximum Gasteiger partial charge on any atom is 0.113 e. The van der Waals surface area contributed by atoms with E-state index in [1.54, 1.807) is 20.7 Å². The Hall–Kier alpha value is -5.81. The van der Waals surface area contributed by atoms with Gasteiger partial charge in [-0.2, -0.15) is 0 Å². The summed E-state index contributed by atoms with van der Waals surface area (Å²) < 4.78 is 0. The van der Waals surface area contributed by atoms with Crippen molar-refractivity contribution >= 4 is 69.2 Å². The minimum absolute atomic E-state index is 1.26. The van der Waals surface area contributed by atoms with Crippen molar-refractivity contribution in [3.63, 3.8) is 0 Å². The average molecular weight is 721 g/mol. The summed E-state index contributed by atoms with van der Waals surface area (Å²) in [6, 6.07) is 64.6. The molecule has 0 aliphatic carbocycles. The molecule has 11 rings (SSSR count). The van der Waals surface area contributed by atoms with Crippen LogP contribution in [0.3, 0.4) is 0 Å². The zero-order chi connectivity index (χ0) is 36.3. The number of hydrogen-bond donors (Lipinski definition) is 0. The van der Waals surface area contributed by atoms with Crippen LogP contribution in [0.25, 0.3) is 88.0 Å². The van der Waals surface area contributed by atoms with Crippen molar-refractivity contribution < 1.29 is 0 Å². The first-order valence-electron chi connectivity index (χ1n) is 19.3. The summed E-state index contributed by atoms with van der Waals surface area (Å²) in [5.41, 5.74) is 13.5. The van der Waals surface area contributed by atoms with Gasteiger partial charge in [-0.3, -0.25) is 0 Å². The summed E-state index contributed by atoms with van der Waals surface area (Å²) in [7, 11) is -4.06. The standard InChI is InChI=1S/C52H40Si2/c1-53(2)47-18-10-17-45-51-44-28-26-39(34-19-22-36(23-20-34)42-16-9-14-35-12-7-8-15-41(35)42)30-49(44)54(3,4)50(51)32-46(52(45)47)43-27-25-40(31-48(43)53)38-24-21-33-11-5-6-13-37(33)29-38/h5-32H,1-4H3. The van der Waals surface area contributed by atoms with E-state index >= 15 is 0 Å². The molecule has 0 saturated carbocycles. The topological polar surface area (TPSA) is 0 Å². The third-order valence-electron chi connectivity index (χ3n) is 12.9. The van der Waals surface area contributed by atoms with E-state index in [9.17, 15) is 0 Å².